The zero-order chi connectivity index (χ0) is 9.42. The largest absolute Gasteiger partial charge is 0.302 e. The van der Waals surface area contributed by atoms with Crippen molar-refractivity contribution in [3.8, 4) is 0 Å². The Morgan fingerprint density at radius 1 is 1.62 bits per heavy atom. The van der Waals surface area contributed by atoms with E-state index >= 15 is 0 Å². The van der Waals surface area contributed by atoms with Crippen LogP contribution in [0.2, 0.25) is 0 Å². The first-order valence-electron chi connectivity index (χ1n) is 4.47. The SMILES string of the molecule is CC(=O)c1csc2c1CN(C)CC2. The predicted molar refractivity (Wildman–Crippen MR) is 54.4 cm³/mol. The van der Waals surface area contributed by atoms with E-state index in [0.717, 1.165) is 25.1 Å². The molecule has 0 saturated heterocycles. The molecule has 70 valence electrons. The summed E-state index contributed by atoms with van der Waals surface area (Å²) in [6.45, 7) is 3.70. The molecular weight excluding hydrogens is 182 g/mol. The number of carbonyl (C=O) groups excluding carboxylic acids is 1. The van der Waals surface area contributed by atoms with Crippen LogP contribution in [0, 0.1) is 0 Å². The lowest BCUT2D eigenvalue weighted by Crippen LogP contribution is -2.26. The molecule has 2 heterocycles. The summed E-state index contributed by atoms with van der Waals surface area (Å²) in [6.07, 6.45) is 1.10. The number of ketones is 1. The lowest BCUT2D eigenvalue weighted by atomic mass is 10.0. The van der Waals surface area contributed by atoms with Crippen molar-refractivity contribution >= 4 is 17.1 Å². The number of hydrogen-bond acceptors (Lipinski definition) is 3. The van der Waals surface area contributed by atoms with Crippen molar-refractivity contribution in [1.82, 2.24) is 4.90 Å². The Balaban J connectivity index is 2.41. The van der Waals surface area contributed by atoms with Crippen LogP contribution in [0.25, 0.3) is 0 Å². The van der Waals surface area contributed by atoms with E-state index < -0.39 is 0 Å². The molecule has 1 aromatic rings. The van der Waals surface area contributed by atoms with E-state index in [9.17, 15) is 4.79 Å². The zero-order valence-corrected chi connectivity index (χ0v) is 8.78. The van der Waals surface area contributed by atoms with Gasteiger partial charge in [-0.2, -0.15) is 0 Å². The third kappa shape index (κ3) is 1.54. The molecule has 0 spiro atoms. The van der Waals surface area contributed by atoms with Gasteiger partial charge in [-0.15, -0.1) is 11.3 Å². The van der Waals surface area contributed by atoms with Crippen molar-refractivity contribution in [3.63, 3.8) is 0 Å². The van der Waals surface area contributed by atoms with E-state index in [0.29, 0.717) is 0 Å². The van der Waals surface area contributed by atoms with Gasteiger partial charge in [0.2, 0.25) is 0 Å². The van der Waals surface area contributed by atoms with E-state index in [1.165, 1.54) is 10.4 Å². The summed E-state index contributed by atoms with van der Waals surface area (Å²) in [4.78, 5) is 14.9. The highest BCUT2D eigenvalue weighted by atomic mass is 32.1. The number of likely N-dealkylation sites (N-methyl/N-ethyl adjacent to an activating group) is 1. The van der Waals surface area contributed by atoms with E-state index in [2.05, 4.69) is 11.9 Å². The highest BCUT2D eigenvalue weighted by molar-refractivity contribution is 7.10. The maximum absolute atomic E-state index is 11.3. The number of carbonyl (C=O) groups is 1. The molecule has 0 radical (unpaired) electrons. The van der Waals surface area contributed by atoms with Crippen molar-refractivity contribution in [2.24, 2.45) is 0 Å². The molecule has 0 unspecified atom stereocenters. The number of hydrogen-bond donors (Lipinski definition) is 0. The summed E-state index contributed by atoms with van der Waals surface area (Å²) >= 11 is 1.73. The molecule has 0 saturated carbocycles. The first kappa shape index (κ1) is 8.91. The minimum atomic E-state index is 0.202. The summed E-state index contributed by atoms with van der Waals surface area (Å²) in [5, 5.41) is 2.01. The fourth-order valence-corrected chi connectivity index (χ4v) is 2.84. The van der Waals surface area contributed by atoms with Crippen LogP contribution in [-0.4, -0.2) is 24.3 Å². The topological polar surface area (TPSA) is 20.3 Å². The maximum Gasteiger partial charge on any atom is 0.160 e. The molecule has 2 nitrogen and oxygen atoms in total. The van der Waals surface area contributed by atoms with Crippen LogP contribution in [-0.2, 0) is 13.0 Å². The minimum Gasteiger partial charge on any atom is -0.302 e. The van der Waals surface area contributed by atoms with Crippen LogP contribution in [0.5, 0.6) is 0 Å². The summed E-state index contributed by atoms with van der Waals surface area (Å²) in [7, 11) is 2.10. The molecule has 0 atom stereocenters. The molecule has 0 bridgehead atoms. The quantitative estimate of drug-likeness (QED) is 0.638. The van der Waals surface area contributed by atoms with E-state index in [4.69, 9.17) is 0 Å². The second kappa shape index (κ2) is 3.24. The van der Waals surface area contributed by atoms with Gasteiger partial charge in [-0.05, 0) is 26.0 Å². The fourth-order valence-electron chi connectivity index (χ4n) is 1.74. The molecule has 1 aliphatic heterocycles. The highest BCUT2D eigenvalue weighted by Crippen LogP contribution is 2.28. The van der Waals surface area contributed by atoms with Gasteiger partial charge in [-0.3, -0.25) is 4.79 Å². The van der Waals surface area contributed by atoms with Crippen LogP contribution in [0.15, 0.2) is 5.38 Å². The molecule has 13 heavy (non-hydrogen) atoms. The van der Waals surface area contributed by atoms with Crippen LogP contribution < -0.4 is 0 Å². The average molecular weight is 195 g/mol. The fraction of sp³-hybridized carbons (Fsp3) is 0.500. The number of nitrogens with zero attached hydrogens (tertiary/aromatic N) is 1. The van der Waals surface area contributed by atoms with Crippen LogP contribution in [0.4, 0.5) is 0 Å². The highest BCUT2D eigenvalue weighted by Gasteiger charge is 2.20. The lowest BCUT2D eigenvalue weighted by molar-refractivity contribution is 0.101. The van der Waals surface area contributed by atoms with E-state index in [1.54, 1.807) is 18.3 Å². The third-order valence-electron chi connectivity index (χ3n) is 2.51. The average Bonchev–Trinajstić information content (AvgIpc) is 2.46. The number of thiophene rings is 1. The van der Waals surface area contributed by atoms with Crippen molar-refractivity contribution in [1.29, 1.82) is 0 Å². The summed E-state index contributed by atoms with van der Waals surface area (Å²) < 4.78 is 0. The molecule has 1 aromatic heterocycles. The molecule has 0 N–H and O–H groups in total. The first-order valence-corrected chi connectivity index (χ1v) is 5.35. The Morgan fingerprint density at radius 3 is 3.08 bits per heavy atom. The Bertz CT molecular complexity index is 343. The Hall–Kier alpha value is -0.670. The Labute approximate surface area is 82.2 Å². The van der Waals surface area contributed by atoms with Crippen LogP contribution >= 0.6 is 11.3 Å². The zero-order valence-electron chi connectivity index (χ0n) is 7.96. The van der Waals surface area contributed by atoms with Gasteiger partial charge < -0.3 is 4.90 Å². The van der Waals surface area contributed by atoms with Gasteiger partial charge in [-0.1, -0.05) is 0 Å². The smallest absolute Gasteiger partial charge is 0.160 e. The van der Waals surface area contributed by atoms with Gasteiger partial charge in [0.25, 0.3) is 0 Å². The molecular formula is C10H13NOS. The number of fused-ring (bicyclic) bond motifs is 1. The third-order valence-corrected chi connectivity index (χ3v) is 3.60. The Morgan fingerprint density at radius 2 is 2.38 bits per heavy atom. The van der Waals surface area contributed by atoms with Gasteiger partial charge in [0.1, 0.15) is 0 Å². The van der Waals surface area contributed by atoms with Crippen LogP contribution in [0.1, 0.15) is 27.7 Å². The van der Waals surface area contributed by atoms with Gasteiger partial charge in [0.05, 0.1) is 0 Å². The molecule has 0 aliphatic carbocycles. The normalized spacial score (nSPS) is 17.1. The monoisotopic (exact) mass is 195 g/mol. The van der Waals surface area contributed by atoms with Crippen molar-refractivity contribution < 1.29 is 4.79 Å². The maximum atomic E-state index is 11.3. The van der Waals surface area contributed by atoms with Gasteiger partial charge in [0.15, 0.2) is 5.78 Å². The second-order valence-electron chi connectivity index (χ2n) is 3.60. The van der Waals surface area contributed by atoms with Gasteiger partial charge >= 0.3 is 0 Å². The predicted octanol–water partition coefficient (Wildman–Crippen LogP) is 1.94. The van der Waals surface area contributed by atoms with Gasteiger partial charge in [0, 0.05) is 28.9 Å². The number of Topliss-reactive ketones (excluding diaryl/α,β-unsaturated/α-hetero) is 1. The standard InChI is InChI=1S/C10H13NOS/c1-7(12)9-6-13-10-3-4-11(2)5-8(9)10/h6H,3-5H2,1-2H3. The molecule has 0 aromatic carbocycles. The molecule has 1 aliphatic rings. The molecule has 0 amide bonds. The van der Waals surface area contributed by atoms with E-state index in [-0.39, 0.29) is 5.78 Å². The molecule has 2 rings (SSSR count). The minimum absolute atomic E-state index is 0.202. The van der Waals surface area contributed by atoms with Gasteiger partial charge in [-0.25, -0.2) is 0 Å². The number of rotatable bonds is 1. The van der Waals surface area contributed by atoms with Crippen LogP contribution in [0.3, 0.4) is 0 Å². The second-order valence-corrected chi connectivity index (χ2v) is 4.56. The summed E-state index contributed by atoms with van der Waals surface area (Å²) in [5.41, 5.74) is 2.21. The van der Waals surface area contributed by atoms with Crippen molar-refractivity contribution in [3.05, 3.63) is 21.4 Å². The summed E-state index contributed by atoms with van der Waals surface area (Å²) in [6, 6.07) is 0. The Kier molecular flexibility index (Phi) is 2.22. The molecule has 0 fully saturated rings. The summed E-state index contributed by atoms with van der Waals surface area (Å²) in [5.74, 6) is 0.202. The van der Waals surface area contributed by atoms with Crippen molar-refractivity contribution in [2.45, 2.75) is 19.9 Å². The van der Waals surface area contributed by atoms with E-state index in [1.807, 2.05) is 5.38 Å². The first-order chi connectivity index (χ1) is 6.18. The lowest BCUT2D eigenvalue weighted by Gasteiger charge is -2.22. The molecule has 3 heteroatoms. The van der Waals surface area contributed by atoms with Crippen molar-refractivity contribution in [2.75, 3.05) is 13.6 Å².